The molecule has 0 saturated carbocycles. The van der Waals surface area contributed by atoms with Crippen molar-refractivity contribution in [2.75, 3.05) is 33.4 Å². The van der Waals surface area contributed by atoms with Crippen LogP contribution >= 0.6 is 0 Å². The van der Waals surface area contributed by atoms with Crippen molar-refractivity contribution in [3.8, 4) is 0 Å². The second-order valence-electron chi connectivity index (χ2n) is 4.39. The van der Waals surface area contributed by atoms with Gasteiger partial charge in [-0.25, -0.2) is 0 Å². The molecule has 3 nitrogen and oxygen atoms in total. The Hall–Kier alpha value is -0.120. The first-order chi connectivity index (χ1) is 7.12. The van der Waals surface area contributed by atoms with Crippen molar-refractivity contribution in [3.05, 3.63) is 0 Å². The molecule has 0 aliphatic carbocycles. The maximum absolute atomic E-state index is 5.54. The predicted molar refractivity (Wildman–Crippen MR) is 64.3 cm³/mol. The third-order valence-corrected chi connectivity index (χ3v) is 2.54. The van der Waals surface area contributed by atoms with Gasteiger partial charge in [-0.05, 0) is 46.2 Å². The molecule has 0 aromatic carbocycles. The SMILES string of the molecule is CCNCCCCOCCC(C)(C)OC. The van der Waals surface area contributed by atoms with Gasteiger partial charge in [0.25, 0.3) is 0 Å². The maximum Gasteiger partial charge on any atom is 0.0644 e. The van der Waals surface area contributed by atoms with Crippen molar-refractivity contribution < 1.29 is 9.47 Å². The number of nitrogens with one attached hydrogen (secondary N) is 1. The number of hydrogen-bond donors (Lipinski definition) is 1. The molecule has 92 valence electrons. The third kappa shape index (κ3) is 10.2. The van der Waals surface area contributed by atoms with E-state index < -0.39 is 0 Å². The van der Waals surface area contributed by atoms with Gasteiger partial charge < -0.3 is 14.8 Å². The molecule has 0 aromatic rings. The molecule has 0 heterocycles. The van der Waals surface area contributed by atoms with Gasteiger partial charge in [0.05, 0.1) is 5.60 Å². The van der Waals surface area contributed by atoms with Gasteiger partial charge in [-0.3, -0.25) is 0 Å². The molecule has 0 aliphatic heterocycles. The van der Waals surface area contributed by atoms with Crippen molar-refractivity contribution in [3.63, 3.8) is 0 Å². The Bertz CT molecular complexity index is 138. The Morgan fingerprint density at radius 2 is 1.87 bits per heavy atom. The summed E-state index contributed by atoms with van der Waals surface area (Å²) in [6.07, 6.45) is 3.29. The molecule has 0 radical (unpaired) electrons. The van der Waals surface area contributed by atoms with E-state index in [1.165, 1.54) is 6.42 Å². The fraction of sp³-hybridized carbons (Fsp3) is 1.00. The molecule has 0 unspecified atom stereocenters. The number of rotatable bonds is 10. The molecule has 0 atom stereocenters. The molecule has 3 heteroatoms. The summed E-state index contributed by atoms with van der Waals surface area (Å²) in [4.78, 5) is 0. The summed E-state index contributed by atoms with van der Waals surface area (Å²) < 4.78 is 10.9. The average Bonchev–Trinajstić information content (AvgIpc) is 2.22. The number of methoxy groups -OCH3 is 1. The molecule has 15 heavy (non-hydrogen) atoms. The van der Waals surface area contributed by atoms with Crippen LogP contribution in [-0.4, -0.2) is 39.0 Å². The zero-order chi connectivity index (χ0) is 11.6. The Labute approximate surface area is 94.5 Å². The highest BCUT2D eigenvalue weighted by Crippen LogP contribution is 2.12. The van der Waals surface area contributed by atoms with Crippen LogP contribution in [0.25, 0.3) is 0 Å². The van der Waals surface area contributed by atoms with Crippen molar-refractivity contribution in [1.82, 2.24) is 5.32 Å². The van der Waals surface area contributed by atoms with E-state index in [-0.39, 0.29) is 5.60 Å². The molecule has 0 rings (SSSR count). The smallest absolute Gasteiger partial charge is 0.0644 e. The quantitative estimate of drug-likeness (QED) is 0.569. The standard InChI is InChI=1S/C12H27NO2/c1-5-13-9-6-7-10-15-11-8-12(2,3)14-4/h13H,5-11H2,1-4H3. The number of ether oxygens (including phenoxy) is 2. The van der Waals surface area contributed by atoms with E-state index in [1.807, 2.05) is 0 Å². The van der Waals surface area contributed by atoms with Crippen molar-refractivity contribution in [2.24, 2.45) is 0 Å². The fourth-order valence-electron chi connectivity index (χ4n) is 1.15. The maximum atomic E-state index is 5.54. The largest absolute Gasteiger partial charge is 0.381 e. The summed E-state index contributed by atoms with van der Waals surface area (Å²) in [6, 6.07) is 0. The molecule has 0 bridgehead atoms. The summed E-state index contributed by atoms with van der Waals surface area (Å²) in [7, 11) is 1.75. The highest BCUT2D eigenvalue weighted by molar-refractivity contribution is 4.66. The fourth-order valence-corrected chi connectivity index (χ4v) is 1.15. The highest BCUT2D eigenvalue weighted by Gasteiger charge is 2.15. The van der Waals surface area contributed by atoms with E-state index in [0.29, 0.717) is 0 Å². The lowest BCUT2D eigenvalue weighted by Gasteiger charge is -2.22. The number of hydrogen-bond acceptors (Lipinski definition) is 3. The van der Waals surface area contributed by atoms with Crippen LogP contribution in [0.4, 0.5) is 0 Å². The average molecular weight is 217 g/mol. The van der Waals surface area contributed by atoms with Crippen LogP contribution in [0.5, 0.6) is 0 Å². The first kappa shape index (κ1) is 14.9. The molecular formula is C12H27NO2. The highest BCUT2D eigenvalue weighted by atomic mass is 16.5. The van der Waals surface area contributed by atoms with Crippen LogP contribution in [0.3, 0.4) is 0 Å². The second-order valence-corrected chi connectivity index (χ2v) is 4.39. The summed E-state index contributed by atoms with van der Waals surface area (Å²) in [5.41, 5.74) is -0.0518. The van der Waals surface area contributed by atoms with Crippen LogP contribution < -0.4 is 5.32 Å². The Kier molecular flexibility index (Phi) is 9.06. The second kappa shape index (κ2) is 9.13. The lowest BCUT2D eigenvalue weighted by molar-refractivity contribution is -0.0101. The lowest BCUT2D eigenvalue weighted by atomic mass is 10.1. The zero-order valence-corrected chi connectivity index (χ0v) is 10.8. The molecule has 0 amide bonds. The molecule has 0 saturated heterocycles. The van der Waals surface area contributed by atoms with E-state index >= 15 is 0 Å². The van der Waals surface area contributed by atoms with Crippen LogP contribution in [0.15, 0.2) is 0 Å². The van der Waals surface area contributed by atoms with Crippen LogP contribution in [0.2, 0.25) is 0 Å². The van der Waals surface area contributed by atoms with Crippen molar-refractivity contribution >= 4 is 0 Å². The normalized spacial score (nSPS) is 12.0. The topological polar surface area (TPSA) is 30.5 Å². The lowest BCUT2D eigenvalue weighted by Crippen LogP contribution is -2.24. The van der Waals surface area contributed by atoms with Gasteiger partial charge in [0.15, 0.2) is 0 Å². The van der Waals surface area contributed by atoms with Crippen molar-refractivity contribution in [2.45, 2.75) is 45.6 Å². The van der Waals surface area contributed by atoms with Gasteiger partial charge in [0.2, 0.25) is 0 Å². The number of unbranched alkanes of at least 4 members (excludes halogenated alkanes) is 1. The van der Waals surface area contributed by atoms with Crippen molar-refractivity contribution in [1.29, 1.82) is 0 Å². The molecule has 0 spiro atoms. The molecular weight excluding hydrogens is 190 g/mol. The molecule has 0 fully saturated rings. The van der Waals surface area contributed by atoms with E-state index in [1.54, 1.807) is 7.11 Å². The van der Waals surface area contributed by atoms with E-state index in [0.717, 1.165) is 39.1 Å². The zero-order valence-electron chi connectivity index (χ0n) is 10.8. The monoisotopic (exact) mass is 217 g/mol. The van der Waals surface area contributed by atoms with Gasteiger partial charge in [0, 0.05) is 20.3 Å². The van der Waals surface area contributed by atoms with Crippen LogP contribution in [0.1, 0.15) is 40.0 Å². The summed E-state index contributed by atoms with van der Waals surface area (Å²) in [5, 5.41) is 3.30. The summed E-state index contributed by atoms with van der Waals surface area (Å²) in [5.74, 6) is 0. The molecule has 0 aliphatic rings. The van der Waals surface area contributed by atoms with Gasteiger partial charge >= 0.3 is 0 Å². The van der Waals surface area contributed by atoms with Crippen LogP contribution in [-0.2, 0) is 9.47 Å². The Morgan fingerprint density at radius 3 is 2.47 bits per heavy atom. The minimum absolute atomic E-state index is 0.0518. The third-order valence-electron chi connectivity index (χ3n) is 2.54. The van der Waals surface area contributed by atoms with E-state index in [9.17, 15) is 0 Å². The minimum Gasteiger partial charge on any atom is -0.381 e. The molecule has 1 N–H and O–H groups in total. The molecule has 0 aromatic heterocycles. The van der Waals surface area contributed by atoms with E-state index in [2.05, 4.69) is 26.1 Å². The predicted octanol–water partition coefficient (Wildman–Crippen LogP) is 2.21. The van der Waals surface area contributed by atoms with Gasteiger partial charge in [0.1, 0.15) is 0 Å². The van der Waals surface area contributed by atoms with Crippen LogP contribution in [0, 0.1) is 0 Å². The summed E-state index contributed by atoms with van der Waals surface area (Å²) >= 11 is 0. The summed E-state index contributed by atoms with van der Waals surface area (Å²) in [6.45, 7) is 10.1. The van der Waals surface area contributed by atoms with Gasteiger partial charge in [-0.2, -0.15) is 0 Å². The van der Waals surface area contributed by atoms with Gasteiger partial charge in [-0.15, -0.1) is 0 Å². The Morgan fingerprint density at radius 1 is 1.13 bits per heavy atom. The minimum atomic E-state index is -0.0518. The van der Waals surface area contributed by atoms with E-state index in [4.69, 9.17) is 9.47 Å². The van der Waals surface area contributed by atoms with Gasteiger partial charge in [-0.1, -0.05) is 6.92 Å². The Balaban J connectivity index is 3.11. The first-order valence-corrected chi connectivity index (χ1v) is 5.96. The first-order valence-electron chi connectivity index (χ1n) is 5.96.